The van der Waals surface area contributed by atoms with Crippen molar-refractivity contribution in [1.82, 2.24) is 10.6 Å². The Morgan fingerprint density at radius 3 is 2.58 bits per heavy atom. The van der Waals surface area contributed by atoms with Crippen LogP contribution in [0.2, 0.25) is 0 Å². The molecule has 1 fully saturated rings. The molecule has 1 saturated heterocycles. The number of rotatable bonds is 6. The molecule has 2 unspecified atom stereocenters. The highest BCUT2D eigenvalue weighted by atomic mass is 32.2. The van der Waals surface area contributed by atoms with E-state index >= 15 is 0 Å². The molecule has 9 heteroatoms. The van der Waals surface area contributed by atoms with Crippen molar-refractivity contribution in [1.29, 1.82) is 0 Å². The van der Waals surface area contributed by atoms with Crippen LogP contribution in [-0.4, -0.2) is 51.5 Å². The summed E-state index contributed by atoms with van der Waals surface area (Å²) in [4.78, 5) is 25.4. The second-order valence-electron chi connectivity index (χ2n) is 8.96. The van der Waals surface area contributed by atoms with Crippen molar-refractivity contribution in [2.75, 3.05) is 24.6 Å². The number of hydrogen-bond acceptors (Lipinski definition) is 6. The fourth-order valence-corrected chi connectivity index (χ4v) is 6.15. The van der Waals surface area contributed by atoms with E-state index in [1.54, 1.807) is 18.2 Å². The standard InChI is InChI=1S/C27H27N3O5S/c1-18(31)29-16-24-17-35-27(32)30(24)23-9-6-20(7-10-23)22-12-13-28-26(15-22)36(33,34)25-11-8-19-4-2-3-5-21(19)14-25/h2-11,14-15,24,26,28H,12-13,16-17H2,1H3,(H,29,31). The average molecular weight is 506 g/mol. The first-order valence-electron chi connectivity index (χ1n) is 11.8. The SMILES string of the molecule is CC(=O)NCC1COC(=O)N1c1ccc(C2=CC(S(=O)(=O)c3ccc4ccccc4c3)NCC2)cc1. The van der Waals surface area contributed by atoms with Crippen LogP contribution in [0, 0.1) is 0 Å². The highest BCUT2D eigenvalue weighted by molar-refractivity contribution is 7.92. The van der Waals surface area contributed by atoms with Crippen molar-refractivity contribution >= 4 is 43.9 Å². The van der Waals surface area contributed by atoms with Gasteiger partial charge < -0.3 is 10.1 Å². The van der Waals surface area contributed by atoms with Crippen molar-refractivity contribution in [3.8, 4) is 0 Å². The number of cyclic esters (lactones) is 1. The lowest BCUT2D eigenvalue weighted by Gasteiger charge is -2.24. The molecule has 0 bridgehead atoms. The average Bonchev–Trinajstić information content (AvgIpc) is 3.27. The summed E-state index contributed by atoms with van der Waals surface area (Å²) < 4.78 is 32.0. The Balaban J connectivity index is 1.38. The molecular formula is C27H27N3O5S. The van der Waals surface area contributed by atoms with Crippen molar-refractivity contribution in [3.05, 3.63) is 78.4 Å². The van der Waals surface area contributed by atoms with Crippen molar-refractivity contribution in [3.63, 3.8) is 0 Å². The molecule has 3 aromatic rings. The van der Waals surface area contributed by atoms with Crippen LogP contribution in [0.3, 0.4) is 0 Å². The van der Waals surface area contributed by atoms with Gasteiger partial charge in [0.15, 0.2) is 9.84 Å². The quantitative estimate of drug-likeness (QED) is 0.532. The third-order valence-electron chi connectivity index (χ3n) is 6.54. The first-order chi connectivity index (χ1) is 17.3. The van der Waals surface area contributed by atoms with Crippen molar-refractivity contribution in [2.45, 2.75) is 29.7 Å². The maximum absolute atomic E-state index is 13.4. The minimum Gasteiger partial charge on any atom is -0.447 e. The van der Waals surface area contributed by atoms with Gasteiger partial charge in [-0.1, -0.05) is 42.5 Å². The number of carbonyl (C=O) groups excluding carboxylic acids is 2. The van der Waals surface area contributed by atoms with E-state index in [0.717, 1.165) is 21.9 Å². The molecule has 0 aliphatic carbocycles. The van der Waals surface area contributed by atoms with Crippen LogP contribution in [0.1, 0.15) is 18.9 Å². The van der Waals surface area contributed by atoms with Gasteiger partial charge in [0.2, 0.25) is 5.91 Å². The third kappa shape index (κ3) is 4.72. The second kappa shape index (κ2) is 9.75. The molecule has 2 atom stereocenters. The van der Waals surface area contributed by atoms with Crippen LogP contribution in [0.15, 0.2) is 77.7 Å². The van der Waals surface area contributed by atoms with Gasteiger partial charge in [-0.15, -0.1) is 0 Å². The van der Waals surface area contributed by atoms with E-state index in [-0.39, 0.29) is 23.5 Å². The lowest BCUT2D eigenvalue weighted by atomic mass is 10.00. The minimum atomic E-state index is -3.64. The number of fused-ring (bicyclic) bond motifs is 1. The molecule has 0 aromatic heterocycles. The van der Waals surface area contributed by atoms with Crippen LogP contribution in [0.5, 0.6) is 0 Å². The fourth-order valence-electron chi connectivity index (χ4n) is 4.63. The van der Waals surface area contributed by atoms with Crippen LogP contribution < -0.4 is 15.5 Å². The summed E-state index contributed by atoms with van der Waals surface area (Å²) in [5.41, 5.74) is 2.48. The molecule has 2 N–H and O–H groups in total. The highest BCUT2D eigenvalue weighted by Gasteiger charge is 2.34. The van der Waals surface area contributed by atoms with E-state index in [1.807, 2.05) is 54.6 Å². The predicted octanol–water partition coefficient (Wildman–Crippen LogP) is 3.48. The first kappa shape index (κ1) is 24.0. The summed E-state index contributed by atoms with van der Waals surface area (Å²) in [6.07, 6.45) is 1.99. The molecule has 2 amide bonds. The van der Waals surface area contributed by atoms with Crippen LogP contribution in [0.4, 0.5) is 10.5 Å². The topological polar surface area (TPSA) is 105 Å². The van der Waals surface area contributed by atoms with Gasteiger partial charge in [-0.2, -0.15) is 0 Å². The zero-order valence-corrected chi connectivity index (χ0v) is 20.6. The molecule has 3 aromatic carbocycles. The molecule has 5 rings (SSSR count). The maximum atomic E-state index is 13.4. The van der Waals surface area contributed by atoms with E-state index in [1.165, 1.54) is 11.8 Å². The lowest BCUT2D eigenvalue weighted by Crippen LogP contribution is -2.42. The van der Waals surface area contributed by atoms with Gasteiger partial charge in [-0.05, 0) is 58.7 Å². The summed E-state index contributed by atoms with van der Waals surface area (Å²) in [5.74, 6) is -0.171. The Kier molecular flexibility index (Phi) is 6.51. The zero-order chi connectivity index (χ0) is 25.3. The Bertz CT molecular complexity index is 1450. The highest BCUT2D eigenvalue weighted by Crippen LogP contribution is 2.30. The number of carbonyl (C=O) groups is 2. The van der Waals surface area contributed by atoms with E-state index in [9.17, 15) is 18.0 Å². The number of amides is 2. The monoisotopic (exact) mass is 505 g/mol. The molecule has 0 saturated carbocycles. The van der Waals surface area contributed by atoms with Gasteiger partial charge in [0.25, 0.3) is 0 Å². The molecule has 8 nitrogen and oxygen atoms in total. The number of nitrogens with zero attached hydrogens (tertiary/aromatic N) is 1. The van der Waals surface area contributed by atoms with E-state index in [4.69, 9.17) is 4.74 Å². The van der Waals surface area contributed by atoms with E-state index < -0.39 is 21.3 Å². The molecule has 2 aliphatic rings. The molecule has 2 heterocycles. The molecule has 0 spiro atoms. The number of anilines is 1. The smallest absolute Gasteiger partial charge is 0.414 e. The fraction of sp³-hybridized carbons (Fsp3) is 0.259. The van der Waals surface area contributed by atoms with Gasteiger partial charge >= 0.3 is 6.09 Å². The van der Waals surface area contributed by atoms with Gasteiger partial charge in [0, 0.05) is 25.7 Å². The van der Waals surface area contributed by atoms with Gasteiger partial charge in [0.05, 0.1) is 10.9 Å². The Labute approximate surface area is 209 Å². The van der Waals surface area contributed by atoms with Crippen molar-refractivity contribution in [2.24, 2.45) is 0 Å². The summed E-state index contributed by atoms with van der Waals surface area (Å²) in [7, 11) is -3.64. The number of hydrogen-bond donors (Lipinski definition) is 2. The number of ether oxygens (including phenoxy) is 1. The number of sulfone groups is 1. The van der Waals surface area contributed by atoms with Gasteiger partial charge in [0.1, 0.15) is 12.0 Å². The normalized spacial score (nSPS) is 20.2. The lowest BCUT2D eigenvalue weighted by molar-refractivity contribution is -0.119. The van der Waals surface area contributed by atoms with Gasteiger partial charge in [-0.25, -0.2) is 13.2 Å². The Hall–Kier alpha value is -3.69. The van der Waals surface area contributed by atoms with E-state index in [0.29, 0.717) is 25.2 Å². The predicted molar refractivity (Wildman–Crippen MR) is 138 cm³/mol. The number of benzene rings is 3. The van der Waals surface area contributed by atoms with Crippen LogP contribution in [0.25, 0.3) is 16.3 Å². The molecule has 186 valence electrons. The van der Waals surface area contributed by atoms with Gasteiger partial charge in [-0.3, -0.25) is 15.0 Å². The van der Waals surface area contributed by atoms with E-state index in [2.05, 4.69) is 10.6 Å². The number of nitrogens with one attached hydrogen (secondary N) is 2. The molecular weight excluding hydrogens is 478 g/mol. The molecule has 0 radical (unpaired) electrons. The summed E-state index contributed by atoms with van der Waals surface area (Å²) >= 11 is 0. The largest absolute Gasteiger partial charge is 0.447 e. The third-order valence-corrected chi connectivity index (χ3v) is 8.42. The molecule has 36 heavy (non-hydrogen) atoms. The Morgan fingerprint density at radius 1 is 1.08 bits per heavy atom. The zero-order valence-electron chi connectivity index (χ0n) is 19.8. The summed E-state index contributed by atoms with van der Waals surface area (Å²) in [5, 5.41) is 6.89. The summed E-state index contributed by atoms with van der Waals surface area (Å²) in [6.45, 7) is 2.46. The second-order valence-corrected chi connectivity index (χ2v) is 11.0. The van der Waals surface area contributed by atoms with Crippen molar-refractivity contribution < 1.29 is 22.7 Å². The first-order valence-corrected chi connectivity index (χ1v) is 13.4. The Morgan fingerprint density at radius 2 is 1.83 bits per heavy atom. The molecule has 2 aliphatic heterocycles. The minimum absolute atomic E-state index is 0.171. The maximum Gasteiger partial charge on any atom is 0.414 e. The van der Waals surface area contributed by atoms with Crippen LogP contribution in [-0.2, 0) is 19.4 Å². The van der Waals surface area contributed by atoms with Crippen LogP contribution >= 0.6 is 0 Å². The summed E-state index contributed by atoms with van der Waals surface area (Å²) in [6, 6.07) is 20.0.